The van der Waals surface area contributed by atoms with E-state index in [-0.39, 0.29) is 30.8 Å². The molecule has 10 nitrogen and oxygen atoms in total. The third-order valence-corrected chi connectivity index (χ3v) is 7.73. The Labute approximate surface area is 243 Å². The number of piperidine rings is 1. The number of amides is 1. The number of nitrogens with one attached hydrogen (secondary N) is 2. The smallest absolute Gasteiger partial charge is 0.251 e. The number of likely N-dealkylation sites (tertiary alicyclic amines) is 1. The van der Waals surface area contributed by atoms with Crippen LogP contribution in [0, 0.1) is 12.7 Å². The first-order chi connectivity index (χ1) is 20.3. The Morgan fingerprint density at radius 3 is 2.76 bits per heavy atom. The van der Waals surface area contributed by atoms with E-state index in [0.717, 1.165) is 27.9 Å². The number of benzene rings is 2. The van der Waals surface area contributed by atoms with E-state index in [1.807, 2.05) is 36.1 Å². The van der Waals surface area contributed by atoms with Crippen molar-refractivity contribution in [2.75, 3.05) is 34.4 Å². The zero-order valence-electron chi connectivity index (χ0n) is 24.2. The minimum atomic E-state index is -0.464. The summed E-state index contributed by atoms with van der Waals surface area (Å²) >= 11 is 0. The summed E-state index contributed by atoms with van der Waals surface area (Å²) in [7, 11) is 4.68. The molecule has 2 unspecified atom stereocenters. The van der Waals surface area contributed by atoms with Crippen molar-refractivity contribution in [3.05, 3.63) is 77.4 Å². The van der Waals surface area contributed by atoms with Crippen LogP contribution in [0.3, 0.4) is 0 Å². The molecule has 0 bridgehead atoms. The highest BCUT2D eigenvalue weighted by Gasteiger charge is 2.35. The average molecular weight is 575 g/mol. The summed E-state index contributed by atoms with van der Waals surface area (Å²) in [6.45, 7) is 2.53. The summed E-state index contributed by atoms with van der Waals surface area (Å²) in [5.74, 6) is -0.264. The van der Waals surface area contributed by atoms with Crippen LogP contribution in [0.25, 0.3) is 22.2 Å². The van der Waals surface area contributed by atoms with Gasteiger partial charge in [0.2, 0.25) is 0 Å². The van der Waals surface area contributed by atoms with Gasteiger partial charge in [0.05, 0.1) is 32.3 Å². The first-order valence-electron chi connectivity index (χ1n) is 13.8. The van der Waals surface area contributed by atoms with Crippen LogP contribution in [0.2, 0.25) is 0 Å². The molecule has 2 N–H and O–H groups in total. The molecule has 3 heterocycles. The molecule has 1 aliphatic rings. The Balaban J connectivity index is 1.36. The number of fused-ring (bicyclic) bond motifs is 1. The molecular weight excluding hydrogens is 539 g/mol. The van der Waals surface area contributed by atoms with Gasteiger partial charge >= 0.3 is 0 Å². The Kier molecular flexibility index (Phi) is 8.91. The van der Waals surface area contributed by atoms with E-state index in [0.29, 0.717) is 36.3 Å². The molecule has 1 amide bonds. The number of methoxy groups -OCH3 is 1. The monoisotopic (exact) mass is 574 g/mol. The lowest BCUT2D eigenvalue weighted by Gasteiger charge is -2.39. The van der Waals surface area contributed by atoms with Gasteiger partial charge in [-0.3, -0.25) is 24.6 Å². The third-order valence-electron chi connectivity index (χ3n) is 7.73. The topological polar surface area (TPSA) is 113 Å². The van der Waals surface area contributed by atoms with Gasteiger partial charge in [0, 0.05) is 60.1 Å². The second kappa shape index (κ2) is 12.8. The minimum Gasteiger partial charge on any atom is -0.496 e. The molecule has 1 fully saturated rings. The van der Waals surface area contributed by atoms with E-state index < -0.39 is 11.9 Å². The van der Waals surface area contributed by atoms with Crippen LogP contribution >= 0.6 is 0 Å². The van der Waals surface area contributed by atoms with Crippen LogP contribution in [0.5, 0.6) is 5.75 Å². The van der Waals surface area contributed by atoms with E-state index in [9.17, 15) is 14.0 Å². The minimum absolute atomic E-state index is 0.0382. The number of carbonyl (C=O) groups is 2. The van der Waals surface area contributed by atoms with Gasteiger partial charge in [-0.25, -0.2) is 4.39 Å². The fourth-order valence-electron chi connectivity index (χ4n) is 5.51. The van der Waals surface area contributed by atoms with Gasteiger partial charge in [-0.1, -0.05) is 6.07 Å². The van der Waals surface area contributed by atoms with E-state index in [4.69, 9.17) is 9.57 Å². The molecule has 0 aliphatic carbocycles. The highest BCUT2D eigenvalue weighted by Crippen LogP contribution is 2.29. The summed E-state index contributed by atoms with van der Waals surface area (Å²) in [6.07, 6.45) is 2.84. The summed E-state index contributed by atoms with van der Waals surface area (Å²) in [6, 6.07) is 13.2. The number of likely N-dealkylation sites (N-methyl/N-ethyl adjacent to an activating group) is 1. The first kappa shape index (κ1) is 29.3. The van der Waals surface area contributed by atoms with Crippen molar-refractivity contribution in [3.63, 3.8) is 0 Å². The number of pyridine rings is 1. The lowest BCUT2D eigenvalue weighted by molar-refractivity contribution is -0.146. The summed E-state index contributed by atoms with van der Waals surface area (Å²) in [4.78, 5) is 38.0. The number of hydrogen-bond donors (Lipinski definition) is 2. The van der Waals surface area contributed by atoms with Crippen molar-refractivity contribution in [2.24, 2.45) is 0 Å². The quantitative estimate of drug-likeness (QED) is 0.274. The maximum absolute atomic E-state index is 14.9. The van der Waals surface area contributed by atoms with Crippen LogP contribution in [-0.2, 0) is 16.2 Å². The molecule has 4 aromatic rings. The Morgan fingerprint density at radius 1 is 1.17 bits per heavy atom. The van der Waals surface area contributed by atoms with Crippen molar-refractivity contribution in [1.29, 1.82) is 0 Å². The average Bonchev–Trinajstić information content (AvgIpc) is 3.41. The van der Waals surface area contributed by atoms with Gasteiger partial charge in [0.1, 0.15) is 17.3 Å². The normalized spacial score (nSPS) is 17.5. The second-order valence-corrected chi connectivity index (χ2v) is 10.6. The number of nitrogens with zero attached hydrogens (tertiary/aromatic N) is 4. The fraction of sp³-hybridized carbons (Fsp3) is 0.355. The summed E-state index contributed by atoms with van der Waals surface area (Å²) in [5.41, 5.74) is 4.22. The SMILES string of the molecule is COc1cccc(F)c1CN1CC(NC(=O)c2ccc3[nH]nc(-c4ccnc(C)c4)c3c2)CCC1C(=O)CN(C)OC. The van der Waals surface area contributed by atoms with Gasteiger partial charge in [-0.05, 0) is 62.2 Å². The largest absolute Gasteiger partial charge is 0.496 e. The van der Waals surface area contributed by atoms with Gasteiger partial charge in [0.15, 0.2) is 5.78 Å². The number of Topliss-reactive ketones (excluding diaryl/α,β-unsaturated/α-hetero) is 1. The van der Waals surface area contributed by atoms with Crippen molar-refractivity contribution in [3.8, 4) is 17.0 Å². The first-order valence-corrected chi connectivity index (χ1v) is 13.8. The molecule has 1 saturated heterocycles. The molecular formula is C31H35FN6O4. The third kappa shape index (κ3) is 6.33. The predicted octanol–water partition coefficient (Wildman–Crippen LogP) is 3.91. The zero-order chi connectivity index (χ0) is 29.8. The van der Waals surface area contributed by atoms with Crippen molar-refractivity contribution < 1.29 is 23.6 Å². The van der Waals surface area contributed by atoms with E-state index in [1.54, 1.807) is 31.4 Å². The number of hydrogen-bond acceptors (Lipinski definition) is 8. The molecule has 0 spiro atoms. The van der Waals surface area contributed by atoms with Crippen molar-refractivity contribution in [1.82, 2.24) is 30.5 Å². The fourth-order valence-corrected chi connectivity index (χ4v) is 5.51. The molecule has 1 aliphatic heterocycles. The lowest BCUT2D eigenvalue weighted by atomic mass is 9.93. The summed E-state index contributed by atoms with van der Waals surface area (Å²) < 4.78 is 20.3. The van der Waals surface area contributed by atoms with Gasteiger partial charge < -0.3 is 14.9 Å². The number of aromatic nitrogens is 3. The van der Waals surface area contributed by atoms with E-state index in [2.05, 4.69) is 20.5 Å². The number of ether oxygens (including phenoxy) is 1. The van der Waals surface area contributed by atoms with Crippen LogP contribution < -0.4 is 10.1 Å². The Morgan fingerprint density at radius 2 is 2.00 bits per heavy atom. The van der Waals surface area contributed by atoms with Crippen LogP contribution in [0.1, 0.15) is 34.5 Å². The molecule has 2 atom stereocenters. The molecule has 5 rings (SSSR count). The number of halogens is 1. The maximum atomic E-state index is 14.9. The Bertz CT molecular complexity index is 1590. The molecule has 0 radical (unpaired) electrons. The highest BCUT2D eigenvalue weighted by molar-refractivity contribution is 6.01. The zero-order valence-corrected chi connectivity index (χ0v) is 24.2. The van der Waals surface area contributed by atoms with Crippen LogP contribution in [-0.4, -0.2) is 83.3 Å². The number of aryl methyl sites for hydroxylation is 1. The van der Waals surface area contributed by atoms with Crippen LogP contribution in [0.4, 0.5) is 4.39 Å². The Hall–Kier alpha value is -4.19. The molecule has 220 valence electrons. The van der Waals surface area contributed by atoms with Gasteiger partial charge in [-0.2, -0.15) is 10.2 Å². The van der Waals surface area contributed by atoms with Crippen LogP contribution in [0.15, 0.2) is 54.7 Å². The molecule has 2 aromatic heterocycles. The molecule has 0 saturated carbocycles. The second-order valence-electron chi connectivity index (χ2n) is 10.6. The number of rotatable bonds is 10. The summed E-state index contributed by atoms with van der Waals surface area (Å²) in [5, 5.41) is 12.9. The number of hydroxylamine groups is 2. The standard InChI is InChI=1S/C31H35FN6O4/c1-19-14-20(12-13-33-19)30-23-15-21(8-10-26(23)35-36-30)31(40)34-22-9-11-27(28(39)18-37(2)42-4)38(16-22)17-24-25(32)6-5-7-29(24)41-3/h5-8,10,12-15,22,27H,9,11,16-18H2,1-4H3,(H,34,40)(H,35,36). The number of ketones is 1. The number of aromatic amines is 1. The van der Waals surface area contributed by atoms with Crippen molar-refractivity contribution >= 4 is 22.6 Å². The van der Waals surface area contributed by atoms with Gasteiger partial charge in [0.25, 0.3) is 5.91 Å². The number of H-pyrrole nitrogens is 1. The van der Waals surface area contributed by atoms with E-state index >= 15 is 0 Å². The van der Waals surface area contributed by atoms with E-state index in [1.165, 1.54) is 25.3 Å². The number of carbonyl (C=O) groups excluding carboxylic acids is 2. The molecule has 2 aromatic carbocycles. The maximum Gasteiger partial charge on any atom is 0.251 e. The highest BCUT2D eigenvalue weighted by atomic mass is 19.1. The van der Waals surface area contributed by atoms with Gasteiger partial charge in [-0.15, -0.1) is 0 Å². The molecule has 11 heteroatoms. The predicted molar refractivity (Wildman–Crippen MR) is 156 cm³/mol. The molecule has 42 heavy (non-hydrogen) atoms. The lowest BCUT2D eigenvalue weighted by Crippen LogP contribution is -2.55. The van der Waals surface area contributed by atoms with Crippen molar-refractivity contribution in [2.45, 2.75) is 38.4 Å².